The van der Waals surface area contributed by atoms with Crippen LogP contribution in [0.3, 0.4) is 0 Å². The zero-order valence-corrected chi connectivity index (χ0v) is 12.3. The number of hydrogen-bond donors (Lipinski definition) is 0. The molecule has 2 amide bonds. The topological polar surface area (TPSA) is 57.7 Å². The number of carbonyl (C=O) groups excluding carboxylic acids is 1. The molecule has 2 rings (SSSR count). The van der Waals surface area contributed by atoms with Crippen LogP contribution in [0.4, 0.5) is 4.79 Å². The molecule has 0 bridgehead atoms. The van der Waals surface area contributed by atoms with Gasteiger partial charge in [-0.2, -0.15) is 11.8 Å². The molecule has 0 radical (unpaired) electrons. The first-order chi connectivity index (χ1) is 8.56. The Bertz CT molecular complexity index is 405. The highest BCUT2D eigenvalue weighted by atomic mass is 32.2. The number of rotatable bonds is 2. The predicted octanol–water partition coefficient (Wildman–Crippen LogP) is 1.01. The van der Waals surface area contributed by atoms with Crippen LogP contribution in [0.2, 0.25) is 0 Å². The van der Waals surface area contributed by atoms with E-state index in [4.69, 9.17) is 0 Å². The molecule has 2 fully saturated rings. The fourth-order valence-corrected chi connectivity index (χ4v) is 5.34. The fourth-order valence-electron chi connectivity index (χ4n) is 2.38. The molecule has 0 N–H and O–H groups in total. The summed E-state index contributed by atoms with van der Waals surface area (Å²) in [5.74, 6) is 1.44. The van der Waals surface area contributed by atoms with Gasteiger partial charge in [0, 0.05) is 36.9 Å². The van der Waals surface area contributed by atoms with Gasteiger partial charge in [-0.15, -0.1) is 0 Å². The maximum atomic E-state index is 12.4. The summed E-state index contributed by atoms with van der Waals surface area (Å²) in [5.41, 5.74) is 0. The van der Waals surface area contributed by atoms with Crippen LogP contribution in [0, 0.1) is 0 Å². The first-order valence-electron chi connectivity index (χ1n) is 6.41. The summed E-state index contributed by atoms with van der Waals surface area (Å²) in [7, 11) is -3.19. The Morgan fingerprint density at radius 1 is 1.28 bits per heavy atom. The third kappa shape index (κ3) is 2.77. The maximum Gasteiger partial charge on any atom is 0.321 e. The van der Waals surface area contributed by atoms with Gasteiger partial charge in [-0.25, -0.2) is 13.2 Å². The Kier molecular flexibility index (Phi) is 4.42. The van der Waals surface area contributed by atoms with Crippen molar-refractivity contribution >= 4 is 27.6 Å². The van der Waals surface area contributed by atoms with E-state index in [1.165, 1.54) is 0 Å². The lowest BCUT2D eigenvalue weighted by Crippen LogP contribution is -2.54. The number of nitrogens with zero attached hydrogens (tertiary/aromatic N) is 2. The summed E-state index contributed by atoms with van der Waals surface area (Å²) in [5, 5.41) is -0.630. The van der Waals surface area contributed by atoms with Crippen LogP contribution >= 0.6 is 11.8 Å². The molecule has 1 unspecified atom stereocenters. The molecule has 2 aliphatic rings. The third-order valence-corrected chi connectivity index (χ3v) is 6.81. The van der Waals surface area contributed by atoms with Crippen LogP contribution in [-0.4, -0.2) is 66.5 Å². The van der Waals surface area contributed by atoms with E-state index < -0.39 is 15.2 Å². The van der Waals surface area contributed by atoms with Crippen LogP contribution in [0.1, 0.15) is 19.8 Å². The van der Waals surface area contributed by atoms with Gasteiger partial charge in [0.05, 0.1) is 0 Å². The summed E-state index contributed by atoms with van der Waals surface area (Å²) in [4.78, 5) is 15.7. The molecule has 104 valence electrons. The lowest BCUT2D eigenvalue weighted by Gasteiger charge is -2.37. The van der Waals surface area contributed by atoms with Crippen molar-refractivity contribution in [3.05, 3.63) is 0 Å². The number of urea groups is 1. The number of hydrogen-bond acceptors (Lipinski definition) is 4. The molecule has 18 heavy (non-hydrogen) atoms. The van der Waals surface area contributed by atoms with E-state index in [2.05, 4.69) is 0 Å². The molecule has 0 aromatic carbocycles. The Labute approximate surface area is 113 Å². The van der Waals surface area contributed by atoms with Crippen molar-refractivity contribution < 1.29 is 13.2 Å². The first-order valence-corrected chi connectivity index (χ1v) is 9.28. The molecule has 0 aromatic heterocycles. The maximum absolute atomic E-state index is 12.4. The number of likely N-dealkylation sites (tertiary alicyclic amines) is 1. The number of amides is 2. The SMILES string of the molecule is CCS(=O)(=O)C1CSCCN1C(=O)N1CCCC1. The van der Waals surface area contributed by atoms with E-state index in [9.17, 15) is 13.2 Å². The van der Waals surface area contributed by atoms with E-state index in [-0.39, 0.29) is 11.8 Å². The molecular weight excluding hydrogens is 272 g/mol. The number of thioether (sulfide) groups is 1. The normalized spacial score (nSPS) is 25.5. The van der Waals surface area contributed by atoms with Crippen molar-refractivity contribution in [3.8, 4) is 0 Å². The minimum absolute atomic E-state index is 0.0881. The van der Waals surface area contributed by atoms with Crippen molar-refractivity contribution in [2.45, 2.75) is 25.1 Å². The molecule has 0 spiro atoms. The van der Waals surface area contributed by atoms with Crippen molar-refractivity contribution in [1.82, 2.24) is 9.80 Å². The van der Waals surface area contributed by atoms with Gasteiger partial charge in [0.2, 0.25) is 0 Å². The van der Waals surface area contributed by atoms with Crippen LogP contribution < -0.4 is 0 Å². The molecular formula is C11H20N2O3S2. The van der Waals surface area contributed by atoms with E-state index >= 15 is 0 Å². The fraction of sp³-hybridized carbons (Fsp3) is 0.909. The van der Waals surface area contributed by atoms with Crippen molar-refractivity contribution in [1.29, 1.82) is 0 Å². The van der Waals surface area contributed by atoms with E-state index in [0.29, 0.717) is 12.3 Å². The first kappa shape index (κ1) is 14.0. The monoisotopic (exact) mass is 292 g/mol. The molecule has 0 saturated carbocycles. The quantitative estimate of drug-likeness (QED) is 0.762. The minimum Gasteiger partial charge on any atom is -0.325 e. The summed E-state index contributed by atoms with van der Waals surface area (Å²) < 4.78 is 24.1. The summed E-state index contributed by atoms with van der Waals surface area (Å²) in [6.45, 7) is 3.72. The zero-order chi connectivity index (χ0) is 13.2. The van der Waals surface area contributed by atoms with E-state index in [1.807, 2.05) is 0 Å². The summed E-state index contributed by atoms with van der Waals surface area (Å²) >= 11 is 1.62. The second kappa shape index (κ2) is 5.69. The highest BCUT2D eigenvalue weighted by Gasteiger charge is 2.37. The van der Waals surface area contributed by atoms with Crippen LogP contribution in [0.5, 0.6) is 0 Å². The summed E-state index contributed by atoms with van der Waals surface area (Å²) in [6, 6.07) is -0.0881. The molecule has 0 aliphatic carbocycles. The molecule has 5 nitrogen and oxygen atoms in total. The van der Waals surface area contributed by atoms with Gasteiger partial charge in [-0.3, -0.25) is 0 Å². The van der Waals surface area contributed by atoms with Gasteiger partial charge in [0.15, 0.2) is 9.84 Å². The summed E-state index contributed by atoms with van der Waals surface area (Å²) in [6.07, 6.45) is 2.05. The van der Waals surface area contributed by atoms with Gasteiger partial charge in [0.25, 0.3) is 0 Å². The van der Waals surface area contributed by atoms with Crippen LogP contribution in [-0.2, 0) is 9.84 Å². The van der Waals surface area contributed by atoms with E-state index in [0.717, 1.165) is 31.7 Å². The Hall–Kier alpha value is -0.430. The highest BCUT2D eigenvalue weighted by Crippen LogP contribution is 2.23. The third-order valence-electron chi connectivity index (χ3n) is 3.52. The van der Waals surface area contributed by atoms with Crippen molar-refractivity contribution in [2.24, 2.45) is 0 Å². The van der Waals surface area contributed by atoms with Gasteiger partial charge < -0.3 is 9.80 Å². The van der Waals surface area contributed by atoms with Crippen LogP contribution in [0.15, 0.2) is 0 Å². The smallest absolute Gasteiger partial charge is 0.321 e. The Morgan fingerprint density at radius 3 is 2.56 bits per heavy atom. The second-order valence-corrected chi connectivity index (χ2v) is 8.25. The second-order valence-electron chi connectivity index (χ2n) is 4.65. The van der Waals surface area contributed by atoms with Gasteiger partial charge in [0.1, 0.15) is 5.37 Å². The largest absolute Gasteiger partial charge is 0.325 e. The molecule has 7 heteroatoms. The average molecular weight is 292 g/mol. The molecule has 1 atom stereocenters. The van der Waals surface area contributed by atoms with Gasteiger partial charge >= 0.3 is 6.03 Å². The van der Waals surface area contributed by atoms with Gasteiger partial charge in [-0.05, 0) is 12.8 Å². The standard InChI is InChI=1S/C11H20N2O3S2/c1-2-18(15,16)10-9-17-8-7-13(10)11(14)12-5-3-4-6-12/h10H,2-9H2,1H3. The van der Waals surface area contributed by atoms with Crippen molar-refractivity contribution in [2.75, 3.05) is 36.9 Å². The predicted molar refractivity (Wildman–Crippen MR) is 73.5 cm³/mol. The average Bonchev–Trinajstić information content (AvgIpc) is 2.92. The molecule has 2 heterocycles. The Balaban J connectivity index is 2.15. The molecule has 0 aromatic rings. The lowest BCUT2D eigenvalue weighted by atomic mass is 10.4. The zero-order valence-electron chi connectivity index (χ0n) is 10.7. The van der Waals surface area contributed by atoms with E-state index in [1.54, 1.807) is 28.5 Å². The number of sulfone groups is 1. The minimum atomic E-state index is -3.19. The number of carbonyl (C=O) groups is 1. The highest BCUT2D eigenvalue weighted by molar-refractivity contribution is 8.01. The molecule has 2 saturated heterocycles. The van der Waals surface area contributed by atoms with Crippen molar-refractivity contribution in [3.63, 3.8) is 0 Å². The van der Waals surface area contributed by atoms with Crippen LogP contribution in [0.25, 0.3) is 0 Å². The molecule has 2 aliphatic heterocycles. The Morgan fingerprint density at radius 2 is 1.94 bits per heavy atom. The van der Waals surface area contributed by atoms with Gasteiger partial charge in [-0.1, -0.05) is 6.92 Å². The lowest BCUT2D eigenvalue weighted by molar-refractivity contribution is 0.161.